The van der Waals surface area contributed by atoms with E-state index in [0.717, 1.165) is 24.8 Å². The highest BCUT2D eigenvalue weighted by Crippen LogP contribution is 2.47. The Morgan fingerprint density at radius 1 is 1.29 bits per heavy atom. The summed E-state index contributed by atoms with van der Waals surface area (Å²) >= 11 is 0. The topological polar surface area (TPSA) is 88.5 Å². The Labute approximate surface area is 187 Å². The number of carboxylic acid groups (broad SMARTS) is 1. The van der Waals surface area contributed by atoms with Gasteiger partial charge < -0.3 is 24.4 Å². The number of allylic oxidation sites excluding steroid dienone is 3. The van der Waals surface area contributed by atoms with Gasteiger partial charge in [0.2, 0.25) is 0 Å². The van der Waals surface area contributed by atoms with Crippen LogP contribution in [0.5, 0.6) is 0 Å². The van der Waals surface area contributed by atoms with E-state index in [1.165, 1.54) is 0 Å². The predicted molar refractivity (Wildman–Crippen MR) is 121 cm³/mol. The Kier molecular flexibility index (Phi) is 9.31. The summed E-state index contributed by atoms with van der Waals surface area (Å²) in [4.78, 5) is 11.0. The lowest BCUT2D eigenvalue weighted by molar-refractivity contribution is -0.143. The molecule has 31 heavy (non-hydrogen) atoms. The zero-order valence-corrected chi connectivity index (χ0v) is 20.2. The Balaban J connectivity index is 1.89. The second-order valence-corrected chi connectivity index (χ2v) is 9.96. The number of hydrogen-bond acceptors (Lipinski definition) is 5. The Morgan fingerprint density at radius 3 is 2.55 bits per heavy atom. The van der Waals surface area contributed by atoms with E-state index in [4.69, 9.17) is 19.3 Å². The van der Waals surface area contributed by atoms with Crippen molar-refractivity contribution in [1.29, 1.82) is 0 Å². The number of hydrogen-bond donors (Lipinski definition) is 2. The third-order valence-corrected chi connectivity index (χ3v) is 6.86. The number of aliphatic hydroxyl groups is 1. The Morgan fingerprint density at radius 2 is 1.97 bits per heavy atom. The molecule has 2 heterocycles. The molecular formula is C25H42O6. The van der Waals surface area contributed by atoms with E-state index < -0.39 is 12.1 Å². The van der Waals surface area contributed by atoms with Gasteiger partial charge in [-0.25, -0.2) is 0 Å². The number of epoxide rings is 1. The van der Waals surface area contributed by atoms with Crippen molar-refractivity contribution in [2.45, 2.75) is 103 Å². The van der Waals surface area contributed by atoms with Crippen molar-refractivity contribution < 1.29 is 29.2 Å². The summed E-state index contributed by atoms with van der Waals surface area (Å²) in [6, 6.07) is 0. The summed E-state index contributed by atoms with van der Waals surface area (Å²) in [6.45, 7) is 12.4. The lowest BCUT2D eigenvalue weighted by Gasteiger charge is -2.35. The van der Waals surface area contributed by atoms with Crippen molar-refractivity contribution in [2.24, 2.45) is 17.8 Å². The molecule has 0 aromatic heterocycles. The molecule has 0 spiro atoms. The molecule has 2 aliphatic heterocycles. The lowest BCUT2D eigenvalue weighted by atomic mass is 9.85. The number of ether oxygens (including phenoxy) is 3. The summed E-state index contributed by atoms with van der Waals surface area (Å²) in [7, 11) is 1.63. The number of rotatable bonds is 11. The molecule has 0 amide bonds. The van der Waals surface area contributed by atoms with Gasteiger partial charge in [-0.1, -0.05) is 39.0 Å². The van der Waals surface area contributed by atoms with Crippen LogP contribution in [0.1, 0.15) is 67.2 Å². The van der Waals surface area contributed by atoms with Gasteiger partial charge in [-0.15, -0.1) is 0 Å². The lowest BCUT2D eigenvalue weighted by Crippen LogP contribution is -2.36. The molecule has 9 atom stereocenters. The third-order valence-electron chi connectivity index (χ3n) is 6.86. The first-order chi connectivity index (χ1) is 14.5. The third kappa shape index (κ3) is 7.14. The normalized spacial score (nSPS) is 35.5. The number of aliphatic hydroxyl groups excluding tert-OH is 1. The van der Waals surface area contributed by atoms with E-state index in [1.807, 2.05) is 0 Å². The van der Waals surface area contributed by atoms with Gasteiger partial charge in [-0.2, -0.15) is 0 Å². The molecule has 6 heteroatoms. The molecular weight excluding hydrogens is 396 g/mol. The van der Waals surface area contributed by atoms with Crippen LogP contribution >= 0.6 is 0 Å². The van der Waals surface area contributed by atoms with Crippen LogP contribution in [0, 0.1) is 17.8 Å². The first-order valence-corrected chi connectivity index (χ1v) is 11.6. The van der Waals surface area contributed by atoms with Crippen LogP contribution in [0.15, 0.2) is 23.8 Å². The van der Waals surface area contributed by atoms with Gasteiger partial charge in [0.25, 0.3) is 0 Å². The number of methoxy groups -OCH3 is 1. The molecule has 0 saturated carbocycles. The number of aliphatic carboxylic acids is 1. The number of carbonyl (C=O) groups is 1. The molecule has 1 unspecified atom stereocenters. The molecule has 2 rings (SSSR count). The van der Waals surface area contributed by atoms with E-state index in [0.29, 0.717) is 11.8 Å². The van der Waals surface area contributed by atoms with Gasteiger partial charge in [-0.3, -0.25) is 4.79 Å². The van der Waals surface area contributed by atoms with Crippen LogP contribution in [0.25, 0.3) is 0 Å². The first-order valence-electron chi connectivity index (χ1n) is 11.6. The summed E-state index contributed by atoms with van der Waals surface area (Å²) in [5.74, 6) is 0.0402. The van der Waals surface area contributed by atoms with Crippen LogP contribution in [-0.4, -0.2) is 59.4 Å². The minimum atomic E-state index is -0.803. The maximum absolute atomic E-state index is 11.0. The maximum atomic E-state index is 11.0. The molecule has 0 aromatic rings. The van der Waals surface area contributed by atoms with Crippen molar-refractivity contribution in [2.75, 3.05) is 7.11 Å². The van der Waals surface area contributed by atoms with E-state index in [-0.39, 0.29) is 42.4 Å². The second kappa shape index (κ2) is 11.1. The zero-order valence-electron chi connectivity index (χ0n) is 20.2. The molecule has 0 aromatic carbocycles. The van der Waals surface area contributed by atoms with Gasteiger partial charge in [-0.05, 0) is 57.4 Å². The van der Waals surface area contributed by atoms with Crippen molar-refractivity contribution >= 4 is 5.97 Å². The Bertz CT molecular complexity index is 656. The Hall–Kier alpha value is -1.21. The fourth-order valence-corrected chi connectivity index (χ4v) is 5.22. The molecule has 6 nitrogen and oxygen atoms in total. The monoisotopic (exact) mass is 438 g/mol. The van der Waals surface area contributed by atoms with Gasteiger partial charge in [0, 0.05) is 13.0 Å². The standard InChI is InChI=1S/C25H42O6/c1-15(14-25(6)24(31-25)18(4)23(29-7)19(5)26)9-8-10-16(2)22-17(3)11-12-20(30-22)13-21(27)28/h8-10,15,17-20,22-24,26H,11-14H2,1-7H3,(H,27,28)/b9-8+,16-10+/t15-,17+,18-,19-,20-,22-,23?,24-,25-/m1/s1. The van der Waals surface area contributed by atoms with Crippen LogP contribution in [0.2, 0.25) is 0 Å². The van der Waals surface area contributed by atoms with Crippen LogP contribution in [0.4, 0.5) is 0 Å². The van der Waals surface area contributed by atoms with Crippen molar-refractivity contribution in [1.82, 2.24) is 0 Å². The minimum Gasteiger partial charge on any atom is -0.481 e. The van der Waals surface area contributed by atoms with Crippen molar-refractivity contribution in [3.8, 4) is 0 Å². The van der Waals surface area contributed by atoms with Gasteiger partial charge in [0.15, 0.2) is 0 Å². The van der Waals surface area contributed by atoms with Gasteiger partial charge in [0.05, 0.1) is 42.5 Å². The van der Waals surface area contributed by atoms with E-state index in [2.05, 4.69) is 52.8 Å². The largest absolute Gasteiger partial charge is 0.481 e. The molecule has 2 saturated heterocycles. The molecule has 178 valence electrons. The molecule has 2 aliphatic rings. The van der Waals surface area contributed by atoms with Crippen LogP contribution in [-0.2, 0) is 19.0 Å². The van der Waals surface area contributed by atoms with Crippen LogP contribution in [0.3, 0.4) is 0 Å². The van der Waals surface area contributed by atoms with E-state index in [9.17, 15) is 9.90 Å². The summed E-state index contributed by atoms with van der Waals surface area (Å²) in [5.41, 5.74) is 0.935. The van der Waals surface area contributed by atoms with E-state index in [1.54, 1.807) is 14.0 Å². The van der Waals surface area contributed by atoms with Gasteiger partial charge in [0.1, 0.15) is 0 Å². The smallest absolute Gasteiger partial charge is 0.305 e. The summed E-state index contributed by atoms with van der Waals surface area (Å²) in [6.07, 6.45) is 8.21. The molecule has 0 aliphatic carbocycles. The highest BCUT2D eigenvalue weighted by molar-refractivity contribution is 5.67. The highest BCUT2D eigenvalue weighted by Gasteiger charge is 2.56. The molecule has 0 bridgehead atoms. The molecule has 0 radical (unpaired) electrons. The zero-order chi connectivity index (χ0) is 23.3. The van der Waals surface area contributed by atoms with Crippen molar-refractivity contribution in [3.63, 3.8) is 0 Å². The van der Waals surface area contributed by atoms with Crippen molar-refractivity contribution in [3.05, 3.63) is 23.8 Å². The van der Waals surface area contributed by atoms with Gasteiger partial charge >= 0.3 is 5.97 Å². The predicted octanol–water partition coefficient (Wildman–Crippen LogP) is 4.36. The first kappa shape index (κ1) is 26.0. The number of carboxylic acids is 1. The van der Waals surface area contributed by atoms with Crippen LogP contribution < -0.4 is 0 Å². The molecule has 2 fully saturated rings. The highest BCUT2D eigenvalue weighted by atomic mass is 16.6. The fraction of sp³-hybridized carbons (Fsp3) is 0.800. The fourth-order valence-electron chi connectivity index (χ4n) is 5.22. The van der Waals surface area contributed by atoms with E-state index >= 15 is 0 Å². The molecule has 2 N–H and O–H groups in total. The second-order valence-electron chi connectivity index (χ2n) is 9.96. The quantitative estimate of drug-likeness (QED) is 0.368. The average Bonchev–Trinajstić information content (AvgIpc) is 3.33. The SMILES string of the molecule is COC([C@@H](C)[C@H]1O[C@]1(C)C[C@H](C)/C=C/C=C(\C)[C@H]1O[C@@H](CC(=O)O)CC[C@@H]1C)[C@@H](C)O. The average molecular weight is 439 g/mol. The summed E-state index contributed by atoms with van der Waals surface area (Å²) in [5, 5.41) is 19.0. The maximum Gasteiger partial charge on any atom is 0.305 e. The summed E-state index contributed by atoms with van der Waals surface area (Å²) < 4.78 is 17.6. The minimum absolute atomic E-state index is 0.0287.